The number of carbonyl (C=O) groups excluding carboxylic acids is 2. The zero-order valence-corrected chi connectivity index (χ0v) is 10.2. The molecule has 0 aromatic heterocycles. The first-order valence-corrected chi connectivity index (χ1v) is 5.50. The van der Waals surface area contributed by atoms with Crippen molar-refractivity contribution in [2.75, 3.05) is 6.61 Å². The van der Waals surface area contributed by atoms with Crippen LogP contribution in [0.2, 0.25) is 0 Å². The van der Waals surface area contributed by atoms with Crippen LogP contribution in [0, 0.1) is 11.3 Å². The number of hydrogen-bond donors (Lipinski definition) is 1. The minimum Gasteiger partial charge on any atom is -0.450 e. The van der Waals surface area contributed by atoms with Crippen molar-refractivity contribution in [2.24, 2.45) is 10.2 Å². The smallest absolute Gasteiger partial charge is 0.413 e. The number of hydrogen-bond acceptors (Lipinski definition) is 6. The van der Waals surface area contributed by atoms with Crippen LogP contribution >= 0.6 is 0 Å². The van der Waals surface area contributed by atoms with Gasteiger partial charge in [0.1, 0.15) is 6.07 Å². The summed E-state index contributed by atoms with van der Waals surface area (Å²) in [5.41, 5.74) is 0.506. The van der Waals surface area contributed by atoms with E-state index in [9.17, 15) is 9.59 Å². The van der Waals surface area contributed by atoms with Crippen molar-refractivity contribution in [2.45, 2.75) is 13.0 Å². The van der Waals surface area contributed by atoms with Crippen LogP contribution in [-0.4, -0.2) is 24.6 Å². The van der Waals surface area contributed by atoms with Gasteiger partial charge in [-0.15, -0.1) is 0 Å². The van der Waals surface area contributed by atoms with Crippen LogP contribution in [0.5, 0.6) is 0 Å². The van der Waals surface area contributed by atoms with Gasteiger partial charge < -0.3 is 4.74 Å². The Morgan fingerprint density at radius 3 is 2.68 bits per heavy atom. The fraction of sp³-hybridized carbons (Fsp3) is 0.250. The van der Waals surface area contributed by atoms with Crippen molar-refractivity contribution in [3.05, 3.63) is 30.3 Å². The van der Waals surface area contributed by atoms with E-state index < -0.39 is 18.0 Å². The largest absolute Gasteiger partial charge is 0.450 e. The molecule has 0 saturated heterocycles. The fourth-order valence-corrected chi connectivity index (χ4v) is 1.09. The van der Waals surface area contributed by atoms with E-state index in [0.717, 1.165) is 0 Å². The van der Waals surface area contributed by atoms with Crippen molar-refractivity contribution in [1.29, 1.82) is 5.26 Å². The van der Waals surface area contributed by atoms with E-state index in [1.807, 2.05) is 5.32 Å². The molecule has 0 bridgehead atoms. The summed E-state index contributed by atoms with van der Waals surface area (Å²) in [6.45, 7) is 1.73. The van der Waals surface area contributed by atoms with Gasteiger partial charge in [-0.05, 0) is 19.1 Å². The minimum absolute atomic E-state index is 0.127. The molecular formula is C12H12N4O3. The number of azo groups is 1. The molecule has 0 aliphatic heterocycles. The van der Waals surface area contributed by atoms with Crippen molar-refractivity contribution < 1.29 is 14.3 Å². The third kappa shape index (κ3) is 4.95. The molecule has 1 rings (SSSR count). The van der Waals surface area contributed by atoms with E-state index in [1.165, 1.54) is 0 Å². The standard InChI is InChI=1S/C12H12N4O3/c1-2-19-12(18)14-11(17)10(8-13)16-15-9-6-4-3-5-7-9/h3-7,10H,2H2,1H3,(H,14,17,18). The SMILES string of the molecule is CCOC(=O)NC(=O)C(C#N)N=Nc1ccccc1. The van der Waals surface area contributed by atoms with Gasteiger partial charge in [0, 0.05) is 0 Å². The van der Waals surface area contributed by atoms with Gasteiger partial charge in [-0.1, -0.05) is 18.2 Å². The van der Waals surface area contributed by atoms with Crippen molar-refractivity contribution in [3.8, 4) is 6.07 Å². The third-order valence-electron chi connectivity index (χ3n) is 1.92. The van der Waals surface area contributed by atoms with Gasteiger partial charge in [0.25, 0.3) is 5.91 Å². The van der Waals surface area contributed by atoms with Gasteiger partial charge >= 0.3 is 6.09 Å². The number of carbonyl (C=O) groups is 2. The van der Waals surface area contributed by atoms with E-state index >= 15 is 0 Å². The van der Waals surface area contributed by atoms with Crippen molar-refractivity contribution >= 4 is 17.7 Å². The van der Waals surface area contributed by atoms with Crippen LogP contribution in [-0.2, 0) is 9.53 Å². The Kier molecular flexibility index (Phi) is 5.69. The van der Waals surface area contributed by atoms with Crippen LogP contribution in [0.25, 0.3) is 0 Å². The molecule has 7 nitrogen and oxygen atoms in total. The lowest BCUT2D eigenvalue weighted by molar-refractivity contribution is -0.120. The van der Waals surface area contributed by atoms with Crippen molar-refractivity contribution in [1.82, 2.24) is 5.32 Å². The second-order valence-corrected chi connectivity index (χ2v) is 3.29. The summed E-state index contributed by atoms with van der Waals surface area (Å²) in [4.78, 5) is 22.5. The second-order valence-electron chi connectivity index (χ2n) is 3.29. The molecule has 1 unspecified atom stereocenters. The van der Waals surface area contributed by atoms with E-state index in [-0.39, 0.29) is 6.61 Å². The highest BCUT2D eigenvalue weighted by Crippen LogP contribution is 2.11. The molecule has 0 heterocycles. The average Bonchev–Trinajstić information content (AvgIpc) is 2.40. The predicted octanol–water partition coefficient (Wildman–Crippen LogP) is 1.94. The zero-order chi connectivity index (χ0) is 14.1. The van der Waals surface area contributed by atoms with Crippen LogP contribution in [0.15, 0.2) is 40.6 Å². The number of nitrogens with one attached hydrogen (secondary N) is 1. The number of nitrogens with zero attached hydrogens (tertiary/aromatic N) is 3. The number of benzene rings is 1. The number of ether oxygens (including phenoxy) is 1. The van der Waals surface area contributed by atoms with Crippen LogP contribution < -0.4 is 5.32 Å². The number of imide groups is 1. The molecule has 19 heavy (non-hydrogen) atoms. The molecule has 1 aromatic rings. The van der Waals surface area contributed by atoms with Gasteiger partial charge in [-0.3, -0.25) is 10.1 Å². The lowest BCUT2D eigenvalue weighted by atomic mass is 10.3. The first-order valence-electron chi connectivity index (χ1n) is 5.50. The van der Waals surface area contributed by atoms with E-state index in [2.05, 4.69) is 15.0 Å². The lowest BCUT2D eigenvalue weighted by Crippen LogP contribution is -2.37. The summed E-state index contributed by atoms with van der Waals surface area (Å²) in [5.74, 6) is -0.874. The number of rotatable bonds is 4. The first-order chi connectivity index (χ1) is 9.17. The lowest BCUT2D eigenvalue weighted by Gasteiger charge is -2.04. The molecule has 1 atom stereocenters. The molecule has 0 aliphatic rings. The monoisotopic (exact) mass is 260 g/mol. The summed E-state index contributed by atoms with van der Waals surface area (Å²) in [7, 11) is 0. The van der Waals surface area contributed by atoms with Crippen LogP contribution in [0.4, 0.5) is 10.5 Å². The summed E-state index contributed by atoms with van der Waals surface area (Å²) in [6, 6.07) is 8.87. The highest BCUT2D eigenvalue weighted by atomic mass is 16.5. The highest BCUT2D eigenvalue weighted by molar-refractivity contribution is 5.96. The third-order valence-corrected chi connectivity index (χ3v) is 1.92. The minimum atomic E-state index is -1.40. The average molecular weight is 260 g/mol. The normalized spacial score (nSPS) is 11.6. The number of nitriles is 1. The fourth-order valence-electron chi connectivity index (χ4n) is 1.09. The Morgan fingerprint density at radius 2 is 2.11 bits per heavy atom. The Hall–Kier alpha value is -2.75. The molecule has 0 saturated carbocycles. The first kappa shape index (κ1) is 14.3. The highest BCUT2D eigenvalue weighted by Gasteiger charge is 2.19. The quantitative estimate of drug-likeness (QED) is 0.835. The van der Waals surface area contributed by atoms with Gasteiger partial charge in [0.2, 0.25) is 6.04 Å². The van der Waals surface area contributed by atoms with Gasteiger partial charge in [-0.25, -0.2) is 4.79 Å². The van der Waals surface area contributed by atoms with Crippen LogP contribution in [0.3, 0.4) is 0 Å². The van der Waals surface area contributed by atoms with Gasteiger partial charge in [0.05, 0.1) is 12.3 Å². The Labute approximate surface area is 109 Å². The summed E-state index contributed by atoms with van der Waals surface area (Å²) < 4.78 is 4.52. The maximum absolute atomic E-state index is 11.5. The number of amides is 2. The predicted molar refractivity (Wildman–Crippen MR) is 65.5 cm³/mol. The second kappa shape index (κ2) is 7.55. The Bertz CT molecular complexity index is 507. The molecular weight excluding hydrogens is 248 g/mol. The topological polar surface area (TPSA) is 104 Å². The zero-order valence-electron chi connectivity index (χ0n) is 10.2. The summed E-state index contributed by atoms with van der Waals surface area (Å²) in [5, 5.41) is 18.0. The van der Waals surface area contributed by atoms with Crippen molar-refractivity contribution in [3.63, 3.8) is 0 Å². The maximum atomic E-state index is 11.5. The Balaban J connectivity index is 2.64. The van der Waals surface area contributed by atoms with Gasteiger partial charge in [0.15, 0.2) is 0 Å². The molecule has 1 aromatic carbocycles. The molecule has 2 amide bonds. The van der Waals surface area contributed by atoms with E-state index in [4.69, 9.17) is 5.26 Å². The number of alkyl carbamates (subject to hydrolysis) is 1. The van der Waals surface area contributed by atoms with Gasteiger partial charge in [-0.2, -0.15) is 15.5 Å². The molecule has 7 heteroatoms. The molecule has 0 fully saturated rings. The van der Waals surface area contributed by atoms with Crippen LogP contribution in [0.1, 0.15) is 6.92 Å². The molecule has 0 spiro atoms. The molecule has 0 radical (unpaired) electrons. The molecule has 1 N–H and O–H groups in total. The molecule has 0 aliphatic carbocycles. The maximum Gasteiger partial charge on any atom is 0.413 e. The van der Waals surface area contributed by atoms with E-state index in [1.54, 1.807) is 43.3 Å². The van der Waals surface area contributed by atoms with E-state index in [0.29, 0.717) is 5.69 Å². The summed E-state index contributed by atoms with van der Waals surface area (Å²) in [6.07, 6.45) is -0.914. The Morgan fingerprint density at radius 1 is 1.42 bits per heavy atom. The summed E-state index contributed by atoms with van der Waals surface area (Å²) >= 11 is 0. The molecule has 98 valence electrons.